The summed E-state index contributed by atoms with van der Waals surface area (Å²) in [5.41, 5.74) is 1.96. The Hall–Kier alpha value is -2.63. The van der Waals surface area contributed by atoms with Crippen molar-refractivity contribution in [3.8, 4) is 0 Å². The number of hydrogen-bond donors (Lipinski definition) is 2. The van der Waals surface area contributed by atoms with Gasteiger partial charge in [0.15, 0.2) is 0 Å². The molecule has 1 amide bonds. The van der Waals surface area contributed by atoms with Crippen LogP contribution in [0.15, 0.2) is 42.5 Å². The molecule has 0 radical (unpaired) electrons. The lowest BCUT2D eigenvalue weighted by molar-refractivity contribution is -0.116. The second kappa shape index (κ2) is 8.17. The monoisotopic (exact) mass is 359 g/mol. The molecule has 1 atom stereocenters. The normalized spacial score (nSPS) is 15.4. The molecule has 2 N–H and O–H groups in total. The van der Waals surface area contributed by atoms with E-state index in [4.69, 9.17) is 0 Å². The van der Waals surface area contributed by atoms with E-state index in [2.05, 4.69) is 15.5 Å². The SMILES string of the molecule is C[C@H](Nc1ccc(N2CCCCC2)cc1)C(=O)Nc1ccc(F)cc1F. The van der Waals surface area contributed by atoms with Gasteiger partial charge in [-0.1, -0.05) is 0 Å². The van der Waals surface area contributed by atoms with Crippen molar-refractivity contribution in [3.63, 3.8) is 0 Å². The van der Waals surface area contributed by atoms with Crippen LogP contribution < -0.4 is 15.5 Å². The molecule has 1 fully saturated rings. The molecule has 0 aromatic heterocycles. The first-order valence-corrected chi connectivity index (χ1v) is 8.90. The van der Waals surface area contributed by atoms with Crippen molar-refractivity contribution < 1.29 is 13.6 Å². The van der Waals surface area contributed by atoms with Gasteiger partial charge in [0.25, 0.3) is 0 Å². The Morgan fingerprint density at radius 2 is 1.73 bits per heavy atom. The van der Waals surface area contributed by atoms with Crippen LogP contribution in [0.25, 0.3) is 0 Å². The van der Waals surface area contributed by atoms with E-state index in [0.29, 0.717) is 0 Å². The van der Waals surface area contributed by atoms with E-state index in [1.807, 2.05) is 24.3 Å². The van der Waals surface area contributed by atoms with Gasteiger partial charge in [0.1, 0.15) is 17.7 Å². The van der Waals surface area contributed by atoms with E-state index >= 15 is 0 Å². The topological polar surface area (TPSA) is 44.4 Å². The van der Waals surface area contributed by atoms with E-state index in [1.165, 1.54) is 31.0 Å². The summed E-state index contributed by atoms with van der Waals surface area (Å²) in [6.45, 7) is 3.85. The van der Waals surface area contributed by atoms with Crippen molar-refractivity contribution in [3.05, 3.63) is 54.1 Å². The number of benzene rings is 2. The van der Waals surface area contributed by atoms with Crippen LogP contribution in [0.5, 0.6) is 0 Å². The Labute approximate surface area is 152 Å². The number of carbonyl (C=O) groups excluding carboxylic acids is 1. The lowest BCUT2D eigenvalue weighted by Gasteiger charge is -2.29. The highest BCUT2D eigenvalue weighted by Crippen LogP contribution is 2.22. The first-order valence-electron chi connectivity index (χ1n) is 8.90. The molecule has 0 spiro atoms. The highest BCUT2D eigenvalue weighted by molar-refractivity contribution is 5.96. The van der Waals surface area contributed by atoms with Crippen LogP contribution in [0.4, 0.5) is 25.8 Å². The van der Waals surface area contributed by atoms with E-state index in [-0.39, 0.29) is 5.69 Å². The lowest BCUT2D eigenvalue weighted by Crippen LogP contribution is -2.32. The van der Waals surface area contributed by atoms with Gasteiger partial charge in [-0.15, -0.1) is 0 Å². The molecule has 2 aromatic carbocycles. The maximum atomic E-state index is 13.6. The zero-order chi connectivity index (χ0) is 18.5. The average molecular weight is 359 g/mol. The zero-order valence-corrected chi connectivity index (χ0v) is 14.8. The number of amides is 1. The van der Waals surface area contributed by atoms with Crippen molar-refractivity contribution in [2.75, 3.05) is 28.6 Å². The van der Waals surface area contributed by atoms with Crippen LogP contribution in [0, 0.1) is 11.6 Å². The van der Waals surface area contributed by atoms with Gasteiger partial charge in [-0.25, -0.2) is 8.78 Å². The van der Waals surface area contributed by atoms with Crippen LogP contribution in [0.2, 0.25) is 0 Å². The zero-order valence-electron chi connectivity index (χ0n) is 14.8. The summed E-state index contributed by atoms with van der Waals surface area (Å²) in [4.78, 5) is 14.6. The third-order valence-corrected chi connectivity index (χ3v) is 4.55. The number of anilines is 3. The molecule has 1 aliphatic rings. The second-order valence-electron chi connectivity index (χ2n) is 6.57. The van der Waals surface area contributed by atoms with Crippen LogP contribution in [0.3, 0.4) is 0 Å². The molecule has 2 aromatic rings. The van der Waals surface area contributed by atoms with Gasteiger partial charge in [0.05, 0.1) is 5.69 Å². The van der Waals surface area contributed by atoms with Gasteiger partial charge in [0, 0.05) is 30.5 Å². The third kappa shape index (κ3) is 4.50. The van der Waals surface area contributed by atoms with Crippen molar-refractivity contribution in [1.29, 1.82) is 0 Å². The molecule has 1 aliphatic heterocycles. The number of halogens is 2. The fourth-order valence-electron chi connectivity index (χ4n) is 3.07. The predicted octanol–water partition coefficient (Wildman–Crippen LogP) is 4.39. The minimum absolute atomic E-state index is 0.0366. The average Bonchev–Trinajstić information content (AvgIpc) is 2.65. The molecule has 138 valence electrons. The van der Waals surface area contributed by atoms with Crippen LogP contribution in [-0.2, 0) is 4.79 Å². The molecular formula is C20H23F2N3O. The van der Waals surface area contributed by atoms with Crippen molar-refractivity contribution in [2.45, 2.75) is 32.2 Å². The molecule has 3 rings (SSSR count). The molecule has 0 bridgehead atoms. The van der Waals surface area contributed by atoms with Crippen molar-refractivity contribution in [1.82, 2.24) is 0 Å². The Morgan fingerprint density at radius 3 is 2.38 bits per heavy atom. The van der Waals surface area contributed by atoms with Gasteiger partial charge in [0.2, 0.25) is 5.91 Å². The summed E-state index contributed by atoms with van der Waals surface area (Å²) in [6.07, 6.45) is 3.73. The molecule has 26 heavy (non-hydrogen) atoms. The molecule has 0 unspecified atom stereocenters. The number of carbonyl (C=O) groups is 1. The lowest BCUT2D eigenvalue weighted by atomic mass is 10.1. The summed E-state index contributed by atoms with van der Waals surface area (Å²) in [7, 11) is 0. The van der Waals surface area contributed by atoms with Gasteiger partial charge in [-0.05, 0) is 62.6 Å². The third-order valence-electron chi connectivity index (χ3n) is 4.55. The maximum Gasteiger partial charge on any atom is 0.246 e. The fourth-order valence-corrected chi connectivity index (χ4v) is 3.07. The summed E-state index contributed by atoms with van der Waals surface area (Å²) in [5.74, 6) is -1.87. The minimum atomic E-state index is -0.795. The largest absolute Gasteiger partial charge is 0.374 e. The van der Waals surface area contributed by atoms with Gasteiger partial charge in [-0.3, -0.25) is 4.79 Å². The van der Waals surface area contributed by atoms with Gasteiger partial charge >= 0.3 is 0 Å². The quantitative estimate of drug-likeness (QED) is 0.832. The number of piperidine rings is 1. The molecule has 1 heterocycles. The number of nitrogens with one attached hydrogen (secondary N) is 2. The highest BCUT2D eigenvalue weighted by Gasteiger charge is 2.16. The Kier molecular flexibility index (Phi) is 5.71. The van der Waals surface area contributed by atoms with Gasteiger partial charge < -0.3 is 15.5 Å². The molecule has 0 aliphatic carbocycles. The first kappa shape index (κ1) is 18.2. The summed E-state index contributed by atoms with van der Waals surface area (Å²) in [5, 5.41) is 5.56. The maximum absolute atomic E-state index is 13.6. The van der Waals surface area contributed by atoms with Crippen LogP contribution in [0.1, 0.15) is 26.2 Å². The fraction of sp³-hybridized carbons (Fsp3) is 0.350. The van der Waals surface area contributed by atoms with Gasteiger partial charge in [-0.2, -0.15) is 0 Å². The van der Waals surface area contributed by atoms with E-state index in [1.54, 1.807) is 6.92 Å². The molecule has 6 heteroatoms. The van der Waals surface area contributed by atoms with Crippen molar-refractivity contribution >= 4 is 23.0 Å². The summed E-state index contributed by atoms with van der Waals surface area (Å²) in [6, 6.07) is 10.4. The number of rotatable bonds is 5. The molecule has 0 saturated carbocycles. The Balaban J connectivity index is 1.58. The Bertz CT molecular complexity index is 758. The van der Waals surface area contributed by atoms with E-state index in [9.17, 15) is 13.6 Å². The van der Waals surface area contributed by atoms with Crippen LogP contribution in [-0.4, -0.2) is 25.0 Å². The second-order valence-corrected chi connectivity index (χ2v) is 6.57. The summed E-state index contributed by atoms with van der Waals surface area (Å²) >= 11 is 0. The molecule has 4 nitrogen and oxygen atoms in total. The van der Waals surface area contributed by atoms with E-state index < -0.39 is 23.6 Å². The van der Waals surface area contributed by atoms with Crippen molar-refractivity contribution in [2.24, 2.45) is 0 Å². The molecule has 1 saturated heterocycles. The number of nitrogens with zero attached hydrogens (tertiary/aromatic N) is 1. The Morgan fingerprint density at radius 1 is 1.04 bits per heavy atom. The predicted molar refractivity (Wildman–Crippen MR) is 101 cm³/mol. The van der Waals surface area contributed by atoms with Crippen LogP contribution >= 0.6 is 0 Å². The first-order chi connectivity index (χ1) is 12.5. The number of hydrogen-bond acceptors (Lipinski definition) is 3. The summed E-state index contributed by atoms with van der Waals surface area (Å²) < 4.78 is 26.6. The highest BCUT2D eigenvalue weighted by atomic mass is 19.1. The molecular weight excluding hydrogens is 336 g/mol. The smallest absolute Gasteiger partial charge is 0.246 e. The minimum Gasteiger partial charge on any atom is -0.374 e. The van der Waals surface area contributed by atoms with E-state index in [0.717, 1.165) is 30.9 Å². The standard InChI is InChI=1S/C20H23F2N3O/c1-14(20(26)24-19-10-5-15(21)13-18(19)22)23-16-6-8-17(9-7-16)25-11-3-2-4-12-25/h5-10,13-14,23H,2-4,11-12H2,1H3,(H,24,26)/t14-/m0/s1.